The highest BCUT2D eigenvalue weighted by molar-refractivity contribution is 6.21. The average molecular weight is 300 g/mol. The molecule has 0 bridgehead atoms. The Kier molecular flexibility index (Phi) is 2.82. The van der Waals surface area contributed by atoms with Crippen LogP contribution in [-0.4, -0.2) is 5.78 Å². The molecule has 0 fully saturated rings. The second-order valence-corrected chi connectivity index (χ2v) is 5.45. The molecule has 0 saturated heterocycles. The van der Waals surface area contributed by atoms with Crippen LogP contribution in [0.15, 0.2) is 71.6 Å². The monoisotopic (exact) mass is 300 g/mol. The van der Waals surface area contributed by atoms with E-state index in [0.717, 1.165) is 11.1 Å². The number of benzene rings is 2. The molecule has 4 nitrogen and oxygen atoms in total. The van der Waals surface area contributed by atoms with Crippen molar-refractivity contribution in [3.05, 3.63) is 88.3 Å². The fourth-order valence-corrected chi connectivity index (χ4v) is 3.19. The van der Waals surface area contributed by atoms with Crippen LogP contribution in [0.5, 0.6) is 0 Å². The van der Waals surface area contributed by atoms with Gasteiger partial charge >= 0.3 is 0 Å². The van der Waals surface area contributed by atoms with E-state index in [1.165, 1.54) is 0 Å². The zero-order valence-corrected chi connectivity index (χ0v) is 12.1. The number of hydrogen-bond acceptors (Lipinski definition) is 4. The summed E-state index contributed by atoms with van der Waals surface area (Å²) in [5.41, 5.74) is 8.90. The first-order valence-electron chi connectivity index (χ1n) is 7.23. The second-order valence-electron chi connectivity index (χ2n) is 5.45. The van der Waals surface area contributed by atoms with Gasteiger partial charge in [0.05, 0.1) is 11.5 Å². The molecule has 0 aromatic heterocycles. The number of nitriles is 1. The normalized spacial score (nSPS) is 19.1. The van der Waals surface area contributed by atoms with E-state index < -0.39 is 5.92 Å². The molecule has 4 heteroatoms. The molecule has 110 valence electrons. The Morgan fingerprint density at radius 1 is 1.00 bits per heavy atom. The maximum Gasteiger partial charge on any atom is 0.205 e. The molecule has 1 aliphatic heterocycles. The van der Waals surface area contributed by atoms with Crippen LogP contribution < -0.4 is 5.73 Å². The Balaban J connectivity index is 1.97. The highest BCUT2D eigenvalue weighted by Gasteiger charge is 2.42. The van der Waals surface area contributed by atoms with Crippen molar-refractivity contribution in [1.29, 1.82) is 5.26 Å². The number of allylic oxidation sites excluding steroid dienone is 2. The summed E-state index contributed by atoms with van der Waals surface area (Å²) >= 11 is 0. The summed E-state index contributed by atoms with van der Waals surface area (Å²) in [6, 6.07) is 18.8. The number of ketones is 1. The summed E-state index contributed by atoms with van der Waals surface area (Å²) in [5, 5.41) is 9.51. The van der Waals surface area contributed by atoms with Crippen LogP contribution in [0, 0.1) is 11.3 Å². The highest BCUT2D eigenvalue weighted by atomic mass is 16.5. The summed E-state index contributed by atoms with van der Waals surface area (Å²) in [6.45, 7) is 0. The quantitative estimate of drug-likeness (QED) is 0.878. The van der Waals surface area contributed by atoms with Crippen LogP contribution in [0.3, 0.4) is 0 Å². The van der Waals surface area contributed by atoms with E-state index in [9.17, 15) is 10.1 Å². The largest absolute Gasteiger partial charge is 0.439 e. The van der Waals surface area contributed by atoms with Crippen molar-refractivity contribution in [2.24, 2.45) is 5.73 Å². The number of carbonyl (C=O) groups is 1. The van der Waals surface area contributed by atoms with E-state index in [-0.39, 0.29) is 17.2 Å². The lowest BCUT2D eigenvalue weighted by atomic mass is 9.82. The van der Waals surface area contributed by atoms with Crippen molar-refractivity contribution in [2.45, 2.75) is 5.92 Å². The molecule has 0 amide bonds. The molecule has 0 saturated carbocycles. The molecule has 1 aliphatic carbocycles. The minimum absolute atomic E-state index is 0.0598. The molecule has 2 aromatic carbocycles. The van der Waals surface area contributed by atoms with E-state index in [2.05, 4.69) is 6.07 Å². The van der Waals surface area contributed by atoms with Crippen LogP contribution in [0.25, 0.3) is 5.76 Å². The van der Waals surface area contributed by atoms with Crippen molar-refractivity contribution in [2.75, 3.05) is 0 Å². The summed E-state index contributed by atoms with van der Waals surface area (Å²) in [7, 11) is 0. The number of fused-ring (bicyclic) bond motifs is 2. The fraction of sp³-hybridized carbons (Fsp3) is 0.0526. The Morgan fingerprint density at radius 3 is 2.35 bits per heavy atom. The smallest absolute Gasteiger partial charge is 0.205 e. The van der Waals surface area contributed by atoms with Crippen LogP contribution >= 0.6 is 0 Å². The third-order valence-corrected chi connectivity index (χ3v) is 4.21. The topological polar surface area (TPSA) is 76.1 Å². The summed E-state index contributed by atoms with van der Waals surface area (Å²) in [5.74, 6) is -0.0740. The predicted octanol–water partition coefficient (Wildman–Crippen LogP) is 3.10. The van der Waals surface area contributed by atoms with Gasteiger partial charge in [0, 0.05) is 11.1 Å². The first-order chi connectivity index (χ1) is 11.2. The summed E-state index contributed by atoms with van der Waals surface area (Å²) in [4.78, 5) is 12.9. The Bertz CT molecular complexity index is 933. The van der Waals surface area contributed by atoms with Gasteiger partial charge in [-0.15, -0.1) is 0 Å². The Labute approximate surface area is 133 Å². The molecule has 2 aromatic rings. The van der Waals surface area contributed by atoms with Gasteiger partial charge in [-0.05, 0) is 5.56 Å². The summed E-state index contributed by atoms with van der Waals surface area (Å²) in [6.07, 6.45) is 0. The molecule has 1 atom stereocenters. The molecular formula is C19H12N2O2. The van der Waals surface area contributed by atoms with Gasteiger partial charge in [0.1, 0.15) is 17.4 Å². The lowest BCUT2D eigenvalue weighted by molar-refractivity contribution is 0.103. The number of hydrogen-bond donors (Lipinski definition) is 1. The SMILES string of the molecule is N#CC1=C(N)OC2=C(C(=O)c3ccccc32)C1c1ccccc1. The van der Waals surface area contributed by atoms with Crippen LogP contribution in [0.4, 0.5) is 0 Å². The van der Waals surface area contributed by atoms with E-state index in [1.807, 2.05) is 48.5 Å². The first kappa shape index (κ1) is 13.4. The van der Waals surface area contributed by atoms with Crippen LogP contribution in [0.1, 0.15) is 27.4 Å². The van der Waals surface area contributed by atoms with Crippen LogP contribution in [-0.2, 0) is 4.74 Å². The number of rotatable bonds is 1. The van der Waals surface area contributed by atoms with Gasteiger partial charge < -0.3 is 10.5 Å². The molecular weight excluding hydrogens is 288 g/mol. The van der Waals surface area contributed by atoms with E-state index in [4.69, 9.17) is 10.5 Å². The number of ether oxygens (including phenoxy) is 1. The van der Waals surface area contributed by atoms with Gasteiger partial charge in [0.2, 0.25) is 5.88 Å². The van der Waals surface area contributed by atoms with Gasteiger partial charge in [-0.3, -0.25) is 4.79 Å². The Hall–Kier alpha value is -3.32. The van der Waals surface area contributed by atoms with Crippen molar-refractivity contribution in [3.63, 3.8) is 0 Å². The molecule has 0 spiro atoms. The van der Waals surface area contributed by atoms with Crippen molar-refractivity contribution in [3.8, 4) is 6.07 Å². The first-order valence-corrected chi connectivity index (χ1v) is 7.23. The molecule has 23 heavy (non-hydrogen) atoms. The highest BCUT2D eigenvalue weighted by Crippen LogP contribution is 2.47. The minimum Gasteiger partial charge on any atom is -0.439 e. The van der Waals surface area contributed by atoms with Crippen molar-refractivity contribution < 1.29 is 9.53 Å². The average Bonchev–Trinajstić information content (AvgIpc) is 2.87. The maximum atomic E-state index is 12.9. The van der Waals surface area contributed by atoms with Gasteiger partial charge in [-0.25, -0.2) is 0 Å². The number of carbonyl (C=O) groups excluding carboxylic acids is 1. The van der Waals surface area contributed by atoms with Gasteiger partial charge in [-0.1, -0.05) is 54.6 Å². The predicted molar refractivity (Wildman–Crippen MR) is 84.8 cm³/mol. The number of nitrogens with two attached hydrogens (primary N) is 1. The van der Waals surface area contributed by atoms with E-state index in [0.29, 0.717) is 16.9 Å². The van der Waals surface area contributed by atoms with E-state index >= 15 is 0 Å². The molecule has 4 rings (SSSR count). The van der Waals surface area contributed by atoms with Crippen molar-refractivity contribution in [1.82, 2.24) is 0 Å². The third-order valence-electron chi connectivity index (χ3n) is 4.21. The molecule has 1 unspecified atom stereocenters. The minimum atomic E-state index is -0.496. The van der Waals surface area contributed by atoms with Crippen LogP contribution in [0.2, 0.25) is 0 Å². The second kappa shape index (κ2) is 4.85. The van der Waals surface area contributed by atoms with Gasteiger partial charge in [0.25, 0.3) is 0 Å². The molecule has 1 heterocycles. The third kappa shape index (κ3) is 1.80. The standard InChI is InChI=1S/C19H12N2O2/c20-10-14-15(11-6-2-1-3-7-11)16-17(22)12-8-4-5-9-13(12)18(16)23-19(14)21/h1-9,15H,21H2. The molecule has 2 N–H and O–H groups in total. The number of nitrogens with zero attached hydrogens (tertiary/aromatic N) is 1. The summed E-state index contributed by atoms with van der Waals surface area (Å²) < 4.78 is 5.66. The van der Waals surface area contributed by atoms with Gasteiger partial charge in [-0.2, -0.15) is 5.26 Å². The number of Topliss-reactive ketones (excluding diaryl/α,β-unsaturated/α-hetero) is 1. The molecule has 2 aliphatic rings. The lowest BCUT2D eigenvalue weighted by Gasteiger charge is -2.25. The van der Waals surface area contributed by atoms with Gasteiger partial charge in [0.15, 0.2) is 5.78 Å². The lowest BCUT2D eigenvalue weighted by Crippen LogP contribution is -2.21. The Morgan fingerprint density at radius 2 is 1.65 bits per heavy atom. The van der Waals surface area contributed by atoms with Crippen molar-refractivity contribution >= 4 is 11.5 Å². The fourth-order valence-electron chi connectivity index (χ4n) is 3.19. The maximum absolute atomic E-state index is 12.9. The molecule has 0 radical (unpaired) electrons. The van der Waals surface area contributed by atoms with E-state index in [1.54, 1.807) is 6.07 Å². The zero-order chi connectivity index (χ0) is 16.0. The zero-order valence-electron chi connectivity index (χ0n) is 12.1.